The van der Waals surface area contributed by atoms with Crippen LogP contribution < -0.4 is 10.6 Å². The lowest BCUT2D eigenvalue weighted by atomic mass is 10.1. The van der Waals surface area contributed by atoms with Gasteiger partial charge in [0.15, 0.2) is 0 Å². The molecule has 5 nitrogen and oxygen atoms in total. The second-order valence-corrected chi connectivity index (χ2v) is 5.21. The molecule has 0 radical (unpaired) electrons. The molecular formula is C15H20N4O. The molecule has 2 amide bonds. The molecule has 1 aliphatic rings. The van der Waals surface area contributed by atoms with Crippen LogP contribution >= 0.6 is 0 Å². The van der Waals surface area contributed by atoms with E-state index >= 15 is 0 Å². The molecule has 1 heterocycles. The fourth-order valence-corrected chi connectivity index (χ4v) is 2.27. The molecule has 0 aromatic heterocycles. The van der Waals surface area contributed by atoms with Gasteiger partial charge in [-0.05, 0) is 50.7 Å². The molecule has 0 atom stereocenters. The molecule has 1 saturated heterocycles. The minimum atomic E-state index is -0.121. The highest BCUT2D eigenvalue weighted by atomic mass is 16.2. The molecule has 0 unspecified atom stereocenters. The number of nitrogens with one attached hydrogen (secondary N) is 2. The molecule has 1 aromatic carbocycles. The number of hydrogen-bond donors (Lipinski definition) is 2. The van der Waals surface area contributed by atoms with E-state index in [9.17, 15) is 4.79 Å². The van der Waals surface area contributed by atoms with Gasteiger partial charge in [-0.3, -0.25) is 0 Å². The van der Waals surface area contributed by atoms with Crippen LogP contribution in [0.5, 0.6) is 0 Å². The lowest BCUT2D eigenvalue weighted by molar-refractivity contribution is 0.213. The Balaban J connectivity index is 1.73. The zero-order valence-corrected chi connectivity index (χ0v) is 11.7. The first-order valence-corrected chi connectivity index (χ1v) is 6.89. The first kappa shape index (κ1) is 14.4. The summed E-state index contributed by atoms with van der Waals surface area (Å²) in [5, 5.41) is 14.6. The maximum absolute atomic E-state index is 11.8. The van der Waals surface area contributed by atoms with Crippen molar-refractivity contribution in [2.75, 3.05) is 20.1 Å². The lowest BCUT2D eigenvalue weighted by Gasteiger charge is -2.29. The van der Waals surface area contributed by atoms with Crippen molar-refractivity contribution >= 4 is 6.03 Å². The standard InChI is InChI=1S/C15H20N4O/c1-19-8-6-14(7-9-19)18-15(20)17-11-13-4-2-12(10-16)3-5-13/h2-5,14H,6-9,11H2,1H3,(H2,17,18,20). The molecule has 0 saturated carbocycles. The van der Waals surface area contributed by atoms with Crippen LogP contribution in [-0.4, -0.2) is 37.1 Å². The van der Waals surface area contributed by atoms with Crippen molar-refractivity contribution in [1.82, 2.24) is 15.5 Å². The first-order valence-electron chi connectivity index (χ1n) is 6.89. The van der Waals surface area contributed by atoms with Crippen LogP contribution in [0.15, 0.2) is 24.3 Å². The van der Waals surface area contributed by atoms with Crippen molar-refractivity contribution < 1.29 is 4.79 Å². The highest BCUT2D eigenvalue weighted by Gasteiger charge is 2.17. The topological polar surface area (TPSA) is 68.2 Å². The van der Waals surface area contributed by atoms with Crippen molar-refractivity contribution in [2.24, 2.45) is 0 Å². The van der Waals surface area contributed by atoms with Crippen LogP contribution in [0.4, 0.5) is 4.79 Å². The first-order chi connectivity index (χ1) is 9.67. The second-order valence-electron chi connectivity index (χ2n) is 5.21. The summed E-state index contributed by atoms with van der Waals surface area (Å²) in [5.74, 6) is 0. The average molecular weight is 272 g/mol. The number of nitriles is 1. The Hall–Kier alpha value is -2.06. The average Bonchev–Trinajstić information content (AvgIpc) is 2.48. The van der Waals surface area contributed by atoms with Crippen molar-refractivity contribution in [3.05, 3.63) is 35.4 Å². The number of hydrogen-bond acceptors (Lipinski definition) is 3. The van der Waals surface area contributed by atoms with Crippen LogP contribution in [0.25, 0.3) is 0 Å². The zero-order chi connectivity index (χ0) is 14.4. The maximum atomic E-state index is 11.8. The van der Waals surface area contributed by atoms with Crippen molar-refractivity contribution in [3.63, 3.8) is 0 Å². The molecule has 1 aliphatic heterocycles. The van der Waals surface area contributed by atoms with E-state index in [-0.39, 0.29) is 12.1 Å². The van der Waals surface area contributed by atoms with E-state index < -0.39 is 0 Å². The molecule has 2 N–H and O–H groups in total. The number of urea groups is 1. The Bertz CT molecular complexity index is 484. The molecular weight excluding hydrogens is 252 g/mol. The van der Waals surface area contributed by atoms with Crippen LogP contribution in [0.3, 0.4) is 0 Å². The highest BCUT2D eigenvalue weighted by molar-refractivity contribution is 5.74. The summed E-state index contributed by atoms with van der Waals surface area (Å²) in [5.41, 5.74) is 1.62. The predicted molar refractivity (Wildman–Crippen MR) is 77.0 cm³/mol. The summed E-state index contributed by atoms with van der Waals surface area (Å²) in [6, 6.07) is 9.45. The van der Waals surface area contributed by atoms with Crippen LogP contribution in [0.2, 0.25) is 0 Å². The maximum Gasteiger partial charge on any atom is 0.315 e. The molecule has 0 bridgehead atoms. The second kappa shape index (κ2) is 6.92. The van der Waals surface area contributed by atoms with Crippen LogP contribution in [0, 0.1) is 11.3 Å². The van der Waals surface area contributed by atoms with Gasteiger partial charge >= 0.3 is 6.03 Å². The van der Waals surface area contributed by atoms with Gasteiger partial charge in [-0.1, -0.05) is 12.1 Å². The fourth-order valence-electron chi connectivity index (χ4n) is 2.27. The SMILES string of the molecule is CN1CCC(NC(=O)NCc2ccc(C#N)cc2)CC1. The number of piperidine rings is 1. The van der Waals surface area contributed by atoms with Gasteiger partial charge in [-0.15, -0.1) is 0 Å². The molecule has 106 valence electrons. The number of benzene rings is 1. The molecule has 2 rings (SSSR count). The summed E-state index contributed by atoms with van der Waals surface area (Å²) >= 11 is 0. The number of carbonyl (C=O) groups excluding carboxylic acids is 1. The third-order valence-electron chi connectivity index (χ3n) is 3.59. The van der Waals surface area contributed by atoms with Gasteiger partial charge in [0.1, 0.15) is 0 Å². The molecule has 1 fully saturated rings. The molecule has 1 aromatic rings. The van der Waals surface area contributed by atoms with Crippen molar-refractivity contribution in [2.45, 2.75) is 25.4 Å². The van der Waals surface area contributed by atoms with E-state index in [2.05, 4.69) is 28.7 Å². The predicted octanol–water partition coefficient (Wildman–Crippen LogP) is 1.45. The summed E-state index contributed by atoms with van der Waals surface area (Å²) < 4.78 is 0. The normalized spacial score (nSPS) is 16.4. The molecule has 0 aliphatic carbocycles. The Kier molecular flexibility index (Phi) is 4.97. The molecule has 20 heavy (non-hydrogen) atoms. The monoisotopic (exact) mass is 272 g/mol. The zero-order valence-electron chi connectivity index (χ0n) is 11.7. The van der Waals surface area contributed by atoms with E-state index in [4.69, 9.17) is 5.26 Å². The highest BCUT2D eigenvalue weighted by Crippen LogP contribution is 2.08. The number of nitrogens with zero attached hydrogens (tertiary/aromatic N) is 2. The van der Waals surface area contributed by atoms with Crippen molar-refractivity contribution in [1.29, 1.82) is 5.26 Å². The summed E-state index contributed by atoms with van der Waals surface area (Å²) in [6.07, 6.45) is 2.00. The van der Waals surface area contributed by atoms with E-state index in [1.165, 1.54) is 0 Å². The summed E-state index contributed by atoms with van der Waals surface area (Å²) in [4.78, 5) is 14.1. The van der Waals surface area contributed by atoms with Gasteiger partial charge < -0.3 is 15.5 Å². The third-order valence-corrected chi connectivity index (χ3v) is 3.59. The molecule has 0 spiro atoms. The largest absolute Gasteiger partial charge is 0.335 e. The fraction of sp³-hybridized carbons (Fsp3) is 0.467. The van der Waals surface area contributed by atoms with Crippen LogP contribution in [0.1, 0.15) is 24.0 Å². The number of rotatable bonds is 3. The van der Waals surface area contributed by atoms with E-state index in [1.807, 2.05) is 12.1 Å². The van der Waals surface area contributed by atoms with E-state index in [0.29, 0.717) is 12.1 Å². The van der Waals surface area contributed by atoms with Gasteiger partial charge in [0.05, 0.1) is 11.6 Å². The molecule has 5 heteroatoms. The van der Waals surface area contributed by atoms with Crippen molar-refractivity contribution in [3.8, 4) is 6.07 Å². The van der Waals surface area contributed by atoms with E-state index in [1.54, 1.807) is 12.1 Å². The Morgan fingerprint density at radius 2 is 2.00 bits per heavy atom. The van der Waals surface area contributed by atoms with E-state index in [0.717, 1.165) is 31.5 Å². The minimum Gasteiger partial charge on any atom is -0.335 e. The lowest BCUT2D eigenvalue weighted by Crippen LogP contribution is -2.46. The van der Waals surface area contributed by atoms with Gasteiger partial charge in [0.2, 0.25) is 0 Å². The number of amides is 2. The van der Waals surface area contributed by atoms with Gasteiger partial charge in [-0.2, -0.15) is 5.26 Å². The quantitative estimate of drug-likeness (QED) is 0.875. The van der Waals surface area contributed by atoms with Gasteiger partial charge in [0.25, 0.3) is 0 Å². The minimum absolute atomic E-state index is 0.121. The van der Waals surface area contributed by atoms with Crippen LogP contribution in [-0.2, 0) is 6.54 Å². The Labute approximate surface area is 119 Å². The smallest absolute Gasteiger partial charge is 0.315 e. The summed E-state index contributed by atoms with van der Waals surface area (Å²) in [6.45, 7) is 2.53. The number of carbonyl (C=O) groups is 1. The Morgan fingerprint density at radius 3 is 2.60 bits per heavy atom. The van der Waals surface area contributed by atoms with Gasteiger partial charge in [0, 0.05) is 12.6 Å². The third kappa shape index (κ3) is 4.25. The summed E-state index contributed by atoms with van der Waals surface area (Å²) in [7, 11) is 2.10. The number of likely N-dealkylation sites (tertiary alicyclic amines) is 1. The Morgan fingerprint density at radius 1 is 1.35 bits per heavy atom. The van der Waals surface area contributed by atoms with Gasteiger partial charge in [-0.25, -0.2) is 4.79 Å².